The van der Waals surface area contributed by atoms with Crippen molar-refractivity contribution in [2.75, 3.05) is 40.0 Å². The summed E-state index contributed by atoms with van der Waals surface area (Å²) in [6, 6.07) is 8.64. The molecule has 3 rings (SSSR count). The van der Waals surface area contributed by atoms with E-state index in [9.17, 15) is 38.4 Å². The number of carbonyl (C=O) groups excluding carboxylic acids is 8. The van der Waals surface area contributed by atoms with Gasteiger partial charge in [0.1, 0.15) is 38.1 Å². The Kier molecular flexibility index (Phi) is 19.4. The largest absolute Gasteiger partial charge is 0.463 e. The molecule has 2 aliphatic rings. The Labute approximate surface area is 345 Å². The van der Waals surface area contributed by atoms with Crippen LogP contribution < -0.4 is 5.32 Å². The average Bonchev–Trinajstić information content (AvgIpc) is 3.17. The van der Waals surface area contributed by atoms with Crippen LogP contribution in [0.5, 0.6) is 0 Å². The maximum Gasteiger partial charge on any atom is 0.412 e. The highest BCUT2D eigenvalue weighted by Gasteiger charge is 2.59. The molecule has 334 valence electrons. The molecule has 0 spiro atoms. The zero-order valence-electron chi connectivity index (χ0n) is 34.5. The molecule has 60 heavy (non-hydrogen) atoms. The summed E-state index contributed by atoms with van der Waals surface area (Å²) in [5.74, 6) is -5.26. The van der Waals surface area contributed by atoms with E-state index < -0.39 is 123 Å². The molecule has 0 radical (unpaired) electrons. The van der Waals surface area contributed by atoms with E-state index >= 15 is 0 Å². The first kappa shape index (κ1) is 48.8. The van der Waals surface area contributed by atoms with E-state index in [4.69, 9.17) is 56.8 Å². The summed E-state index contributed by atoms with van der Waals surface area (Å²) in [6.07, 6.45) is -19.2. The number of nitrogens with one attached hydrogen (secondary N) is 1. The predicted octanol–water partition coefficient (Wildman–Crippen LogP) is 1.07. The fraction of sp³-hybridized carbons (Fsp3) is 0.632. The molecular formula is C38H52N2O20. The van der Waals surface area contributed by atoms with Gasteiger partial charge in [-0.25, -0.2) is 9.59 Å². The van der Waals surface area contributed by atoms with Gasteiger partial charge in [-0.3, -0.25) is 33.7 Å². The van der Waals surface area contributed by atoms with Crippen molar-refractivity contribution >= 4 is 48.0 Å². The highest BCUT2D eigenvalue weighted by atomic mass is 16.8. The Morgan fingerprint density at radius 3 is 1.60 bits per heavy atom. The van der Waals surface area contributed by atoms with Crippen LogP contribution in [0, 0.1) is 0 Å². The van der Waals surface area contributed by atoms with Crippen LogP contribution in [0.25, 0.3) is 0 Å². The van der Waals surface area contributed by atoms with Crippen molar-refractivity contribution in [3.8, 4) is 0 Å². The Morgan fingerprint density at radius 2 is 1.12 bits per heavy atom. The second-order valence-corrected chi connectivity index (χ2v) is 13.2. The van der Waals surface area contributed by atoms with Gasteiger partial charge < -0.3 is 62.2 Å². The van der Waals surface area contributed by atoms with Gasteiger partial charge in [0.05, 0.1) is 13.2 Å². The molecule has 1 aromatic rings. The number of nitrogens with zero attached hydrogens (tertiary/aromatic N) is 1. The predicted molar refractivity (Wildman–Crippen MR) is 197 cm³/mol. The molecular weight excluding hydrogens is 804 g/mol. The van der Waals surface area contributed by atoms with Crippen LogP contribution in [0.4, 0.5) is 9.59 Å². The van der Waals surface area contributed by atoms with E-state index in [0.717, 1.165) is 46.4 Å². The first-order chi connectivity index (χ1) is 28.4. The van der Waals surface area contributed by atoms with Crippen LogP contribution in [0.2, 0.25) is 0 Å². The molecule has 1 N–H and O–H groups in total. The Balaban J connectivity index is 2.31. The van der Waals surface area contributed by atoms with Crippen LogP contribution in [0.15, 0.2) is 30.3 Å². The monoisotopic (exact) mass is 856 g/mol. The number of carbonyl (C=O) groups is 8. The lowest BCUT2D eigenvalue weighted by atomic mass is 9.95. The molecule has 22 heteroatoms. The minimum Gasteiger partial charge on any atom is -0.463 e. The number of alkyl carbamates (subject to hydrolysis) is 1. The molecule has 1 aromatic carbocycles. The van der Waals surface area contributed by atoms with Crippen LogP contribution in [-0.4, -0.2) is 154 Å². The third kappa shape index (κ3) is 14.9. The first-order valence-electron chi connectivity index (χ1n) is 18.8. The molecule has 0 aliphatic carbocycles. The Bertz CT molecular complexity index is 1640. The maximum absolute atomic E-state index is 14.1. The lowest BCUT2D eigenvalue weighted by molar-refractivity contribution is -0.351. The topological polar surface area (TPSA) is 263 Å². The molecule has 2 fully saturated rings. The van der Waals surface area contributed by atoms with Gasteiger partial charge in [-0.05, 0) is 12.5 Å². The number of esters is 6. The van der Waals surface area contributed by atoms with E-state index in [2.05, 4.69) is 5.32 Å². The summed E-state index contributed by atoms with van der Waals surface area (Å²) in [4.78, 5) is 102. The smallest absolute Gasteiger partial charge is 0.412 e. The fourth-order valence-electron chi connectivity index (χ4n) is 6.16. The maximum atomic E-state index is 14.1. The molecule has 0 bridgehead atoms. The van der Waals surface area contributed by atoms with Crippen molar-refractivity contribution in [2.45, 2.75) is 116 Å². The van der Waals surface area contributed by atoms with E-state index in [1.807, 2.05) is 0 Å². The SMILES string of the molecule is CCOCCN(C(=O)OCc1ccccc1)C1O[C@@H](COC(C)=O)[C@@H](OC(C)=O)[C@H](OC(C)=O)[C@@H]1O[C@H]1O[C@H](COC(C)=O)[C@@H](OC(C)=O)[C@H](OC(C)=O)[C@@H]1OC(=O)NC. The normalized spacial score (nSPS) is 25.9. The standard InChI is InChI=1S/C38H52N2O20/c1-9-49-16-15-40(38(48)52-17-26-13-11-10-12-14-26)35-33(31(55-24(6)45)29(53-22(4)43)27(57-35)18-50-20(2)41)59-36-34(60-37(47)39-8)32(56-25(7)46)30(54-23(5)44)28(58-36)19-51-21(3)42/h10-14,27-36H,9,15-19H2,1-8H3,(H,39,47)/t27-,28+,29+,30+,31-,32-,33-,34-,35?,36+/m0/s1. The first-order valence-corrected chi connectivity index (χ1v) is 18.8. The van der Waals surface area contributed by atoms with Crippen LogP contribution >= 0.6 is 0 Å². The molecule has 2 heterocycles. The second-order valence-electron chi connectivity index (χ2n) is 13.2. The summed E-state index contributed by atoms with van der Waals surface area (Å²) >= 11 is 0. The minimum atomic E-state index is -1.95. The van der Waals surface area contributed by atoms with Gasteiger partial charge in [0.15, 0.2) is 43.0 Å². The van der Waals surface area contributed by atoms with Gasteiger partial charge in [0.25, 0.3) is 0 Å². The number of ether oxygens (including phenoxy) is 12. The van der Waals surface area contributed by atoms with Crippen molar-refractivity contribution in [1.29, 1.82) is 0 Å². The van der Waals surface area contributed by atoms with Gasteiger partial charge >= 0.3 is 48.0 Å². The Hall–Kier alpha value is -5.58. The number of amides is 2. The van der Waals surface area contributed by atoms with E-state index in [0.29, 0.717) is 5.56 Å². The second kappa shape index (κ2) is 23.9. The number of rotatable bonds is 18. The van der Waals surface area contributed by atoms with E-state index in [1.54, 1.807) is 37.3 Å². The van der Waals surface area contributed by atoms with Crippen LogP contribution in [-0.2, 0) is 92.2 Å². The van der Waals surface area contributed by atoms with Crippen molar-refractivity contribution in [3.63, 3.8) is 0 Å². The van der Waals surface area contributed by atoms with Gasteiger partial charge in [-0.2, -0.15) is 0 Å². The van der Waals surface area contributed by atoms with Crippen LogP contribution in [0.1, 0.15) is 54.0 Å². The summed E-state index contributed by atoms with van der Waals surface area (Å²) < 4.78 is 68.7. The van der Waals surface area contributed by atoms with E-state index in [-0.39, 0.29) is 26.4 Å². The molecule has 1 unspecified atom stereocenters. The molecule has 0 aromatic heterocycles. The quantitative estimate of drug-likeness (QED) is 0.123. The molecule has 2 saturated heterocycles. The lowest BCUT2D eigenvalue weighted by Gasteiger charge is -2.50. The zero-order chi connectivity index (χ0) is 44.5. The minimum absolute atomic E-state index is 0.116. The van der Waals surface area contributed by atoms with Gasteiger partial charge in [0.2, 0.25) is 0 Å². The highest BCUT2D eigenvalue weighted by Crippen LogP contribution is 2.36. The van der Waals surface area contributed by atoms with E-state index in [1.165, 1.54) is 7.05 Å². The highest BCUT2D eigenvalue weighted by molar-refractivity contribution is 5.70. The van der Waals surface area contributed by atoms with Gasteiger partial charge in [-0.15, -0.1) is 0 Å². The molecule has 10 atom stereocenters. The molecule has 22 nitrogen and oxygen atoms in total. The number of benzene rings is 1. The molecule has 0 saturated carbocycles. The number of hydrogen-bond donors (Lipinski definition) is 1. The Morgan fingerprint density at radius 1 is 0.617 bits per heavy atom. The van der Waals surface area contributed by atoms with Crippen LogP contribution in [0.3, 0.4) is 0 Å². The van der Waals surface area contributed by atoms with Crippen molar-refractivity contribution in [3.05, 3.63) is 35.9 Å². The number of hydrogen-bond acceptors (Lipinski definition) is 20. The summed E-state index contributed by atoms with van der Waals surface area (Å²) in [6.45, 7) is 6.38. The molecule has 2 amide bonds. The van der Waals surface area contributed by atoms with Gasteiger partial charge in [0, 0.05) is 55.2 Å². The van der Waals surface area contributed by atoms with Gasteiger partial charge in [-0.1, -0.05) is 30.3 Å². The average molecular weight is 857 g/mol. The zero-order valence-corrected chi connectivity index (χ0v) is 34.5. The lowest BCUT2D eigenvalue weighted by Crippen LogP contribution is -2.69. The molecule has 2 aliphatic heterocycles. The third-order valence-electron chi connectivity index (χ3n) is 8.48. The summed E-state index contributed by atoms with van der Waals surface area (Å²) in [5.41, 5.74) is 0.607. The fourth-order valence-corrected chi connectivity index (χ4v) is 6.16. The third-order valence-corrected chi connectivity index (χ3v) is 8.48. The van der Waals surface area contributed by atoms with Crippen molar-refractivity contribution < 1.29 is 95.2 Å². The summed E-state index contributed by atoms with van der Waals surface area (Å²) in [5, 5.41) is 2.24. The van der Waals surface area contributed by atoms with Crippen molar-refractivity contribution in [1.82, 2.24) is 10.2 Å². The van der Waals surface area contributed by atoms with Crippen molar-refractivity contribution in [2.24, 2.45) is 0 Å². The summed E-state index contributed by atoms with van der Waals surface area (Å²) in [7, 11) is 1.21.